The summed E-state index contributed by atoms with van der Waals surface area (Å²) in [6, 6.07) is 15.5. The molecule has 2 aromatic carbocycles. The molecule has 1 heterocycles. The highest BCUT2D eigenvalue weighted by Crippen LogP contribution is 2.33. The van der Waals surface area contributed by atoms with Crippen LogP contribution in [0.25, 0.3) is 23.0 Å². The van der Waals surface area contributed by atoms with Crippen LogP contribution in [0.2, 0.25) is 0 Å². The number of carbonyl (C=O) groups excluding carboxylic acids is 1. The highest BCUT2D eigenvalue weighted by atomic mass is 16.5. The van der Waals surface area contributed by atoms with Crippen molar-refractivity contribution < 1.29 is 14.3 Å². The number of hydrogen-bond donors (Lipinski definition) is 1. The van der Waals surface area contributed by atoms with Crippen molar-refractivity contribution in [2.75, 3.05) is 20.8 Å². The summed E-state index contributed by atoms with van der Waals surface area (Å²) >= 11 is 0. The van der Waals surface area contributed by atoms with Crippen LogP contribution in [-0.2, 0) is 4.79 Å². The minimum atomic E-state index is -0.119. The van der Waals surface area contributed by atoms with E-state index in [0.29, 0.717) is 24.0 Å². The molecular weight excluding hydrogens is 390 g/mol. The van der Waals surface area contributed by atoms with Crippen LogP contribution in [0.1, 0.15) is 25.8 Å². The van der Waals surface area contributed by atoms with E-state index in [4.69, 9.17) is 14.6 Å². The largest absolute Gasteiger partial charge is 0.493 e. The number of carbonyl (C=O) groups is 1. The Morgan fingerprint density at radius 1 is 1.10 bits per heavy atom. The van der Waals surface area contributed by atoms with E-state index < -0.39 is 0 Å². The highest BCUT2D eigenvalue weighted by molar-refractivity contribution is 5.92. The fourth-order valence-corrected chi connectivity index (χ4v) is 3.14. The molecule has 0 radical (unpaired) electrons. The lowest BCUT2D eigenvalue weighted by atomic mass is 10.1. The van der Waals surface area contributed by atoms with Crippen molar-refractivity contribution in [3.05, 3.63) is 66.4 Å². The van der Waals surface area contributed by atoms with Crippen LogP contribution in [0.5, 0.6) is 11.5 Å². The number of benzene rings is 2. The molecule has 0 spiro atoms. The molecule has 0 fully saturated rings. The van der Waals surface area contributed by atoms with E-state index >= 15 is 0 Å². The summed E-state index contributed by atoms with van der Waals surface area (Å²) in [6.45, 7) is 4.93. The number of nitrogens with zero attached hydrogens (tertiary/aromatic N) is 2. The third-order valence-corrected chi connectivity index (χ3v) is 4.86. The first-order chi connectivity index (χ1) is 15.0. The second-order valence-corrected chi connectivity index (χ2v) is 7.59. The van der Waals surface area contributed by atoms with E-state index in [0.717, 1.165) is 28.9 Å². The number of nitrogens with one attached hydrogen (secondary N) is 1. The molecule has 1 aromatic heterocycles. The van der Waals surface area contributed by atoms with E-state index in [1.54, 1.807) is 26.4 Å². The van der Waals surface area contributed by atoms with E-state index in [1.807, 2.05) is 59.4 Å². The van der Waals surface area contributed by atoms with Gasteiger partial charge in [0.05, 0.1) is 19.9 Å². The molecule has 31 heavy (non-hydrogen) atoms. The quantitative estimate of drug-likeness (QED) is 0.509. The lowest BCUT2D eigenvalue weighted by molar-refractivity contribution is -0.116. The van der Waals surface area contributed by atoms with Gasteiger partial charge in [-0.3, -0.25) is 4.79 Å². The van der Waals surface area contributed by atoms with Crippen LogP contribution in [0.3, 0.4) is 0 Å². The average molecular weight is 420 g/mol. The number of amides is 1. The Hall–Kier alpha value is -3.54. The zero-order chi connectivity index (χ0) is 22.2. The van der Waals surface area contributed by atoms with E-state index in [9.17, 15) is 4.79 Å². The third kappa shape index (κ3) is 5.75. The van der Waals surface area contributed by atoms with E-state index in [2.05, 4.69) is 19.2 Å². The summed E-state index contributed by atoms with van der Waals surface area (Å²) in [6.07, 6.45) is 6.21. The van der Waals surface area contributed by atoms with Gasteiger partial charge in [0.25, 0.3) is 0 Å². The third-order valence-electron chi connectivity index (χ3n) is 4.86. The first-order valence-electron chi connectivity index (χ1n) is 10.3. The van der Waals surface area contributed by atoms with Gasteiger partial charge in [0.15, 0.2) is 11.5 Å². The van der Waals surface area contributed by atoms with Crippen molar-refractivity contribution in [3.8, 4) is 28.4 Å². The Morgan fingerprint density at radius 2 is 1.84 bits per heavy atom. The maximum Gasteiger partial charge on any atom is 0.244 e. The van der Waals surface area contributed by atoms with Gasteiger partial charge in [0, 0.05) is 29.9 Å². The van der Waals surface area contributed by atoms with Gasteiger partial charge in [-0.15, -0.1) is 0 Å². The molecule has 3 rings (SSSR count). The Bertz CT molecular complexity index is 1040. The molecule has 0 bridgehead atoms. The number of ether oxygens (including phenoxy) is 2. The monoisotopic (exact) mass is 419 g/mol. The lowest BCUT2D eigenvalue weighted by Gasteiger charge is -2.09. The van der Waals surface area contributed by atoms with E-state index in [-0.39, 0.29) is 5.91 Å². The number of para-hydroxylation sites is 1. The standard InChI is InChI=1S/C25H29N3O3/c1-18(2)14-15-26-24(29)13-11-20-17-28(21-8-6-5-7-9-21)27-25(20)19-10-12-22(30-3)23(16-19)31-4/h5-13,16-18H,14-15H2,1-4H3,(H,26,29)/b13-11+. The maximum absolute atomic E-state index is 12.2. The van der Waals surface area contributed by atoms with Crippen molar-refractivity contribution in [3.63, 3.8) is 0 Å². The van der Waals surface area contributed by atoms with Crippen LogP contribution in [-0.4, -0.2) is 36.5 Å². The molecule has 0 aliphatic rings. The predicted molar refractivity (Wildman–Crippen MR) is 124 cm³/mol. The molecule has 0 aliphatic heterocycles. The Morgan fingerprint density at radius 3 is 2.52 bits per heavy atom. The second-order valence-electron chi connectivity index (χ2n) is 7.59. The normalized spacial score (nSPS) is 11.1. The molecule has 162 valence electrons. The summed E-state index contributed by atoms with van der Waals surface area (Å²) in [5.41, 5.74) is 3.38. The second kappa shape index (κ2) is 10.5. The fourth-order valence-electron chi connectivity index (χ4n) is 3.14. The van der Waals surface area contributed by atoms with Gasteiger partial charge >= 0.3 is 0 Å². The maximum atomic E-state index is 12.2. The summed E-state index contributed by atoms with van der Waals surface area (Å²) in [4.78, 5) is 12.2. The first-order valence-corrected chi connectivity index (χ1v) is 10.3. The van der Waals surface area contributed by atoms with Gasteiger partial charge in [0.1, 0.15) is 5.69 Å². The van der Waals surface area contributed by atoms with Gasteiger partial charge in [0.2, 0.25) is 5.91 Å². The summed E-state index contributed by atoms with van der Waals surface area (Å²) in [5, 5.41) is 7.71. The molecule has 0 unspecified atom stereocenters. The summed E-state index contributed by atoms with van der Waals surface area (Å²) < 4.78 is 12.6. The molecule has 0 saturated carbocycles. The Labute approximate surface area is 183 Å². The van der Waals surface area contributed by atoms with Crippen molar-refractivity contribution in [1.82, 2.24) is 15.1 Å². The van der Waals surface area contributed by atoms with Crippen LogP contribution >= 0.6 is 0 Å². The molecule has 0 atom stereocenters. The number of hydrogen-bond acceptors (Lipinski definition) is 4. The molecule has 3 aromatic rings. The minimum Gasteiger partial charge on any atom is -0.493 e. The number of rotatable bonds is 9. The first kappa shape index (κ1) is 22.2. The number of aromatic nitrogens is 2. The van der Waals surface area contributed by atoms with E-state index in [1.165, 1.54) is 0 Å². The van der Waals surface area contributed by atoms with Crippen molar-refractivity contribution in [1.29, 1.82) is 0 Å². The van der Waals surface area contributed by atoms with Gasteiger partial charge in [-0.2, -0.15) is 5.10 Å². The zero-order valence-corrected chi connectivity index (χ0v) is 18.5. The van der Waals surface area contributed by atoms with Gasteiger partial charge < -0.3 is 14.8 Å². The zero-order valence-electron chi connectivity index (χ0n) is 18.5. The van der Waals surface area contributed by atoms with Crippen molar-refractivity contribution in [2.45, 2.75) is 20.3 Å². The minimum absolute atomic E-state index is 0.119. The molecule has 0 saturated heterocycles. The van der Waals surface area contributed by atoms with Crippen LogP contribution in [0.15, 0.2) is 60.8 Å². The predicted octanol–water partition coefficient (Wildman–Crippen LogP) is 4.73. The summed E-state index contributed by atoms with van der Waals surface area (Å²) in [5.74, 6) is 1.70. The van der Waals surface area contributed by atoms with Crippen LogP contribution < -0.4 is 14.8 Å². The van der Waals surface area contributed by atoms with Crippen molar-refractivity contribution >= 4 is 12.0 Å². The Kier molecular flexibility index (Phi) is 7.49. The molecule has 0 aliphatic carbocycles. The van der Waals surface area contributed by atoms with Gasteiger partial charge in [-0.25, -0.2) is 4.68 Å². The van der Waals surface area contributed by atoms with Crippen molar-refractivity contribution in [2.24, 2.45) is 5.92 Å². The van der Waals surface area contributed by atoms with Crippen LogP contribution in [0, 0.1) is 5.92 Å². The number of methoxy groups -OCH3 is 2. The van der Waals surface area contributed by atoms with Crippen LogP contribution in [0.4, 0.5) is 0 Å². The topological polar surface area (TPSA) is 65.4 Å². The summed E-state index contributed by atoms with van der Waals surface area (Å²) in [7, 11) is 3.21. The Balaban J connectivity index is 1.95. The highest BCUT2D eigenvalue weighted by Gasteiger charge is 2.14. The fraction of sp³-hybridized carbons (Fsp3) is 0.280. The lowest BCUT2D eigenvalue weighted by Crippen LogP contribution is -2.23. The molecule has 6 nitrogen and oxygen atoms in total. The molecular formula is C25H29N3O3. The molecule has 6 heteroatoms. The SMILES string of the molecule is COc1ccc(-c2nn(-c3ccccc3)cc2/C=C/C(=O)NCCC(C)C)cc1OC. The average Bonchev–Trinajstić information content (AvgIpc) is 3.22. The van der Waals surface area contributed by atoms with Gasteiger partial charge in [-0.05, 0) is 48.7 Å². The molecule has 1 amide bonds. The molecule has 1 N–H and O–H groups in total. The van der Waals surface area contributed by atoms with Gasteiger partial charge in [-0.1, -0.05) is 32.0 Å². The smallest absolute Gasteiger partial charge is 0.244 e.